The second-order valence-electron chi connectivity index (χ2n) is 2.26. The molecule has 0 saturated carbocycles. The molecule has 0 bridgehead atoms. The topological polar surface area (TPSA) is 38.0 Å². The maximum absolute atomic E-state index is 5.08. The first-order chi connectivity index (χ1) is 3.81. The minimum Gasteiger partial charge on any atom is -0.271 e. The lowest BCUT2D eigenvalue weighted by molar-refractivity contribution is 0.493. The Morgan fingerprint density at radius 1 is 1.62 bits per heavy atom. The van der Waals surface area contributed by atoms with E-state index in [-0.39, 0.29) is 0 Å². The Hall–Kier alpha value is -0.0800. The second kappa shape index (κ2) is 5.06. The molecule has 0 spiro atoms. The molecule has 0 aromatic heterocycles. The fourth-order valence-corrected chi connectivity index (χ4v) is 0.534. The van der Waals surface area contributed by atoms with Gasteiger partial charge in [-0.25, -0.2) is 0 Å². The molecule has 0 rings (SSSR count). The Morgan fingerprint density at radius 3 is 2.62 bits per heavy atom. The quantitative estimate of drug-likeness (QED) is 0.423. The normalized spacial score (nSPS) is 13.9. The van der Waals surface area contributed by atoms with Gasteiger partial charge in [-0.3, -0.25) is 11.3 Å². The molecule has 0 aromatic carbocycles. The van der Waals surface area contributed by atoms with Crippen molar-refractivity contribution in [2.45, 2.75) is 26.7 Å². The van der Waals surface area contributed by atoms with Crippen molar-refractivity contribution >= 4 is 0 Å². The van der Waals surface area contributed by atoms with Crippen molar-refractivity contribution in [2.24, 2.45) is 11.8 Å². The first-order valence-electron chi connectivity index (χ1n) is 3.24. The van der Waals surface area contributed by atoms with E-state index in [1.54, 1.807) is 0 Å². The zero-order chi connectivity index (χ0) is 6.41. The molecule has 0 heterocycles. The number of nitrogens with two attached hydrogens (primary N) is 1. The lowest BCUT2D eigenvalue weighted by Gasteiger charge is -2.05. The zero-order valence-electron chi connectivity index (χ0n) is 5.78. The van der Waals surface area contributed by atoms with Gasteiger partial charge in [0.05, 0.1) is 0 Å². The molecule has 50 valence electrons. The van der Waals surface area contributed by atoms with Crippen LogP contribution in [0.5, 0.6) is 0 Å². The van der Waals surface area contributed by atoms with Crippen LogP contribution in [0.1, 0.15) is 26.7 Å². The monoisotopic (exact) mass is 116 g/mol. The summed E-state index contributed by atoms with van der Waals surface area (Å²) in [5.74, 6) is 5.89. The molecule has 1 atom stereocenters. The number of rotatable bonds is 4. The first kappa shape index (κ1) is 7.92. The summed E-state index contributed by atoms with van der Waals surface area (Å²) in [4.78, 5) is 0. The summed E-state index contributed by atoms with van der Waals surface area (Å²) in [5, 5.41) is 0. The summed E-state index contributed by atoms with van der Waals surface area (Å²) in [5.41, 5.74) is 2.63. The predicted molar refractivity (Wildman–Crippen MR) is 36.3 cm³/mol. The van der Waals surface area contributed by atoms with Crippen LogP contribution in [0.2, 0.25) is 0 Å². The maximum atomic E-state index is 5.08. The molecular formula is C6H16N2. The van der Waals surface area contributed by atoms with Crippen LogP contribution in [-0.2, 0) is 0 Å². The summed E-state index contributed by atoms with van der Waals surface area (Å²) in [6, 6.07) is 0. The van der Waals surface area contributed by atoms with E-state index in [4.69, 9.17) is 5.84 Å². The summed E-state index contributed by atoms with van der Waals surface area (Å²) >= 11 is 0. The minimum absolute atomic E-state index is 0.811. The lowest BCUT2D eigenvalue weighted by Crippen LogP contribution is -2.24. The summed E-state index contributed by atoms with van der Waals surface area (Å²) in [6.07, 6.45) is 2.44. The van der Waals surface area contributed by atoms with E-state index in [0.717, 1.165) is 12.5 Å². The largest absolute Gasteiger partial charge is 0.271 e. The Labute approximate surface area is 51.4 Å². The molecule has 0 aromatic rings. The highest BCUT2D eigenvalue weighted by Gasteiger charge is 1.94. The van der Waals surface area contributed by atoms with Gasteiger partial charge < -0.3 is 0 Å². The summed E-state index contributed by atoms with van der Waals surface area (Å²) in [7, 11) is 0. The van der Waals surface area contributed by atoms with E-state index in [1.165, 1.54) is 12.8 Å². The van der Waals surface area contributed by atoms with Crippen LogP contribution in [0, 0.1) is 5.92 Å². The van der Waals surface area contributed by atoms with Gasteiger partial charge in [-0.05, 0) is 12.3 Å². The van der Waals surface area contributed by atoms with Crippen LogP contribution in [0.15, 0.2) is 0 Å². The fraction of sp³-hybridized carbons (Fsp3) is 1.00. The zero-order valence-corrected chi connectivity index (χ0v) is 5.78. The maximum Gasteiger partial charge on any atom is 0.00999 e. The second-order valence-corrected chi connectivity index (χ2v) is 2.26. The third-order valence-electron chi connectivity index (χ3n) is 1.48. The van der Waals surface area contributed by atoms with E-state index in [9.17, 15) is 0 Å². The third kappa shape index (κ3) is 4.09. The molecular weight excluding hydrogens is 100 g/mol. The van der Waals surface area contributed by atoms with Crippen LogP contribution < -0.4 is 11.3 Å². The highest BCUT2D eigenvalue weighted by molar-refractivity contribution is 4.49. The molecule has 0 aliphatic carbocycles. The summed E-state index contributed by atoms with van der Waals surface area (Å²) < 4.78 is 0. The molecule has 3 N–H and O–H groups in total. The highest BCUT2D eigenvalue weighted by Crippen LogP contribution is 2.03. The van der Waals surface area contributed by atoms with Crippen molar-refractivity contribution in [1.82, 2.24) is 5.43 Å². The first-order valence-corrected chi connectivity index (χ1v) is 3.24. The van der Waals surface area contributed by atoms with Gasteiger partial charge in [-0.15, -0.1) is 0 Å². The molecule has 2 heteroatoms. The SMILES string of the molecule is CC[C@H](C)CCNN. The molecule has 0 unspecified atom stereocenters. The van der Waals surface area contributed by atoms with Crippen LogP contribution in [-0.4, -0.2) is 6.54 Å². The molecule has 2 nitrogen and oxygen atoms in total. The van der Waals surface area contributed by atoms with Crippen molar-refractivity contribution in [2.75, 3.05) is 6.54 Å². The number of hydrogen-bond acceptors (Lipinski definition) is 2. The van der Waals surface area contributed by atoms with Crippen molar-refractivity contribution in [3.05, 3.63) is 0 Å². The van der Waals surface area contributed by atoms with Gasteiger partial charge in [0.2, 0.25) is 0 Å². The molecule has 0 amide bonds. The predicted octanol–water partition coefficient (Wildman–Crippen LogP) is 0.886. The van der Waals surface area contributed by atoms with E-state index >= 15 is 0 Å². The van der Waals surface area contributed by atoms with Crippen LogP contribution in [0.25, 0.3) is 0 Å². The number of hydrogen-bond donors (Lipinski definition) is 2. The van der Waals surface area contributed by atoms with Crippen molar-refractivity contribution in [3.8, 4) is 0 Å². The molecule has 0 aliphatic rings. The highest BCUT2D eigenvalue weighted by atomic mass is 15.2. The van der Waals surface area contributed by atoms with Crippen LogP contribution >= 0.6 is 0 Å². The smallest absolute Gasteiger partial charge is 0.00999 e. The van der Waals surface area contributed by atoms with E-state index < -0.39 is 0 Å². The van der Waals surface area contributed by atoms with Gasteiger partial charge in [0, 0.05) is 6.54 Å². The van der Waals surface area contributed by atoms with Gasteiger partial charge in [0.25, 0.3) is 0 Å². The molecule has 8 heavy (non-hydrogen) atoms. The Balaban J connectivity index is 2.86. The van der Waals surface area contributed by atoms with Crippen LogP contribution in [0.3, 0.4) is 0 Å². The lowest BCUT2D eigenvalue weighted by atomic mass is 10.1. The average Bonchev–Trinajstić information content (AvgIpc) is 1.83. The molecule has 0 radical (unpaired) electrons. The Morgan fingerprint density at radius 2 is 2.25 bits per heavy atom. The molecule has 0 fully saturated rings. The van der Waals surface area contributed by atoms with Crippen molar-refractivity contribution in [3.63, 3.8) is 0 Å². The van der Waals surface area contributed by atoms with Crippen molar-refractivity contribution < 1.29 is 0 Å². The van der Waals surface area contributed by atoms with E-state index in [0.29, 0.717) is 0 Å². The molecule has 0 aliphatic heterocycles. The van der Waals surface area contributed by atoms with Gasteiger partial charge in [0.15, 0.2) is 0 Å². The fourth-order valence-electron chi connectivity index (χ4n) is 0.534. The van der Waals surface area contributed by atoms with Gasteiger partial charge >= 0.3 is 0 Å². The van der Waals surface area contributed by atoms with Gasteiger partial charge in [0.1, 0.15) is 0 Å². The van der Waals surface area contributed by atoms with Crippen LogP contribution in [0.4, 0.5) is 0 Å². The Kier molecular flexibility index (Phi) is 5.01. The standard InChI is InChI=1S/C6H16N2/c1-3-6(2)4-5-8-7/h6,8H,3-5,7H2,1-2H3/t6-/m0/s1. The average molecular weight is 116 g/mol. The van der Waals surface area contributed by atoms with Gasteiger partial charge in [-0.1, -0.05) is 20.3 Å². The number of nitrogens with one attached hydrogen (secondary N) is 1. The van der Waals surface area contributed by atoms with Crippen molar-refractivity contribution in [1.29, 1.82) is 0 Å². The van der Waals surface area contributed by atoms with E-state index in [2.05, 4.69) is 19.3 Å². The summed E-state index contributed by atoms with van der Waals surface area (Å²) in [6.45, 7) is 5.37. The van der Waals surface area contributed by atoms with E-state index in [1.807, 2.05) is 0 Å². The number of hydrazine groups is 1. The Bertz CT molecular complexity index is 45.8. The minimum atomic E-state index is 0.811. The molecule has 0 saturated heterocycles. The van der Waals surface area contributed by atoms with Gasteiger partial charge in [-0.2, -0.15) is 0 Å². The third-order valence-corrected chi connectivity index (χ3v) is 1.48.